The molecule has 1 N–H and O–H groups in total. The van der Waals surface area contributed by atoms with Crippen molar-refractivity contribution in [3.63, 3.8) is 0 Å². The van der Waals surface area contributed by atoms with Crippen molar-refractivity contribution < 1.29 is 9.72 Å². The first-order chi connectivity index (χ1) is 15.5. The summed E-state index contributed by atoms with van der Waals surface area (Å²) >= 11 is 0. The van der Waals surface area contributed by atoms with Crippen molar-refractivity contribution in [2.24, 2.45) is 0 Å². The summed E-state index contributed by atoms with van der Waals surface area (Å²) in [6, 6.07) is 23.8. The van der Waals surface area contributed by atoms with Crippen LogP contribution in [0.2, 0.25) is 0 Å². The van der Waals surface area contributed by atoms with E-state index >= 15 is 0 Å². The van der Waals surface area contributed by atoms with E-state index in [0.29, 0.717) is 17.8 Å². The summed E-state index contributed by atoms with van der Waals surface area (Å²) in [6.07, 6.45) is 1.97. The zero-order chi connectivity index (χ0) is 22.5. The molecule has 0 aliphatic heterocycles. The van der Waals surface area contributed by atoms with Gasteiger partial charge in [0.1, 0.15) is 0 Å². The van der Waals surface area contributed by atoms with Gasteiger partial charge in [-0.1, -0.05) is 48.0 Å². The number of aromatic nitrogens is 2. The lowest BCUT2D eigenvalue weighted by molar-refractivity contribution is -0.384. The molecule has 4 aromatic rings. The number of nitrogens with one attached hydrogen (secondary N) is 1. The van der Waals surface area contributed by atoms with Gasteiger partial charge in [0.25, 0.3) is 5.69 Å². The average molecular weight is 426 g/mol. The van der Waals surface area contributed by atoms with Crippen LogP contribution in [-0.4, -0.2) is 20.6 Å². The molecule has 7 heteroatoms. The van der Waals surface area contributed by atoms with E-state index in [0.717, 1.165) is 16.8 Å². The second-order valence-electron chi connectivity index (χ2n) is 7.53. The molecule has 0 aliphatic rings. The standard InChI is InChI=1S/C25H22N4O3/c1-18-7-9-19(10-8-18)16-26-24(30)15-21-17-28(22-5-3-2-4-6-22)27-25(21)20-11-13-23(14-12-20)29(31)32/h2-14,17H,15-16H2,1H3,(H,26,30). The van der Waals surface area contributed by atoms with E-state index in [-0.39, 0.29) is 18.0 Å². The molecule has 0 fully saturated rings. The van der Waals surface area contributed by atoms with Gasteiger partial charge >= 0.3 is 0 Å². The Morgan fingerprint density at radius 3 is 2.34 bits per heavy atom. The molecular weight excluding hydrogens is 404 g/mol. The Morgan fingerprint density at radius 2 is 1.69 bits per heavy atom. The van der Waals surface area contributed by atoms with Gasteiger partial charge in [-0.25, -0.2) is 4.68 Å². The van der Waals surface area contributed by atoms with Gasteiger partial charge < -0.3 is 5.32 Å². The quantitative estimate of drug-likeness (QED) is 0.345. The van der Waals surface area contributed by atoms with Crippen LogP contribution in [0, 0.1) is 17.0 Å². The number of nitro benzene ring substituents is 1. The number of hydrogen-bond acceptors (Lipinski definition) is 4. The molecular formula is C25H22N4O3. The van der Waals surface area contributed by atoms with Gasteiger partial charge in [-0.3, -0.25) is 14.9 Å². The lowest BCUT2D eigenvalue weighted by Crippen LogP contribution is -2.24. The highest BCUT2D eigenvalue weighted by atomic mass is 16.6. The van der Waals surface area contributed by atoms with E-state index < -0.39 is 4.92 Å². The first-order valence-electron chi connectivity index (χ1n) is 10.2. The summed E-state index contributed by atoms with van der Waals surface area (Å²) in [5, 5.41) is 18.6. The van der Waals surface area contributed by atoms with E-state index in [9.17, 15) is 14.9 Å². The van der Waals surface area contributed by atoms with Crippen molar-refractivity contribution in [1.82, 2.24) is 15.1 Å². The molecule has 0 saturated heterocycles. The Balaban J connectivity index is 1.59. The lowest BCUT2D eigenvalue weighted by atomic mass is 10.1. The number of non-ortho nitro benzene ring substituents is 1. The lowest BCUT2D eigenvalue weighted by Gasteiger charge is -2.06. The van der Waals surface area contributed by atoms with Crippen LogP contribution in [0.25, 0.3) is 16.9 Å². The van der Waals surface area contributed by atoms with Crippen molar-refractivity contribution >= 4 is 11.6 Å². The van der Waals surface area contributed by atoms with Crippen molar-refractivity contribution in [2.75, 3.05) is 0 Å². The molecule has 0 radical (unpaired) electrons. The molecule has 0 unspecified atom stereocenters. The van der Waals surface area contributed by atoms with E-state index in [4.69, 9.17) is 0 Å². The molecule has 3 aromatic carbocycles. The summed E-state index contributed by atoms with van der Waals surface area (Å²) in [6.45, 7) is 2.46. The number of rotatable bonds is 7. The zero-order valence-electron chi connectivity index (χ0n) is 17.6. The monoisotopic (exact) mass is 426 g/mol. The van der Waals surface area contributed by atoms with Gasteiger partial charge in [-0.2, -0.15) is 5.10 Å². The highest BCUT2D eigenvalue weighted by Crippen LogP contribution is 2.26. The fraction of sp³-hybridized carbons (Fsp3) is 0.120. The Labute approximate surface area is 185 Å². The summed E-state index contributed by atoms with van der Waals surface area (Å²) in [5.41, 5.74) is 5.14. The normalized spacial score (nSPS) is 10.7. The van der Waals surface area contributed by atoms with Gasteiger partial charge in [-0.15, -0.1) is 0 Å². The van der Waals surface area contributed by atoms with E-state index in [2.05, 4.69) is 10.4 Å². The number of amides is 1. The maximum absolute atomic E-state index is 12.7. The summed E-state index contributed by atoms with van der Waals surface area (Å²) in [7, 11) is 0. The minimum atomic E-state index is -0.439. The summed E-state index contributed by atoms with van der Waals surface area (Å²) < 4.78 is 1.72. The maximum Gasteiger partial charge on any atom is 0.269 e. The second kappa shape index (κ2) is 9.26. The molecule has 32 heavy (non-hydrogen) atoms. The van der Waals surface area contributed by atoms with Crippen LogP contribution in [0.4, 0.5) is 5.69 Å². The van der Waals surface area contributed by atoms with E-state index in [1.54, 1.807) is 16.8 Å². The third-order valence-corrected chi connectivity index (χ3v) is 5.12. The number of benzene rings is 3. The molecule has 0 bridgehead atoms. The summed E-state index contributed by atoms with van der Waals surface area (Å²) in [5.74, 6) is -0.124. The molecule has 0 saturated carbocycles. The minimum Gasteiger partial charge on any atom is -0.352 e. The fourth-order valence-corrected chi connectivity index (χ4v) is 3.38. The number of aryl methyl sites for hydroxylation is 1. The number of para-hydroxylation sites is 1. The maximum atomic E-state index is 12.7. The number of carbonyl (C=O) groups excluding carboxylic acids is 1. The second-order valence-corrected chi connectivity index (χ2v) is 7.53. The molecule has 0 aliphatic carbocycles. The Bertz CT molecular complexity index is 1230. The smallest absolute Gasteiger partial charge is 0.269 e. The predicted octanol–water partition coefficient (Wildman–Crippen LogP) is 4.61. The molecule has 1 heterocycles. The fourth-order valence-electron chi connectivity index (χ4n) is 3.38. The highest BCUT2D eigenvalue weighted by Gasteiger charge is 2.16. The molecule has 160 valence electrons. The summed E-state index contributed by atoms with van der Waals surface area (Å²) in [4.78, 5) is 23.2. The molecule has 1 amide bonds. The Kier molecular flexibility index (Phi) is 6.07. The van der Waals surface area contributed by atoms with Crippen molar-refractivity contribution in [3.8, 4) is 16.9 Å². The van der Waals surface area contributed by atoms with Crippen LogP contribution in [-0.2, 0) is 17.8 Å². The molecule has 7 nitrogen and oxygen atoms in total. The number of carbonyl (C=O) groups is 1. The van der Waals surface area contributed by atoms with Crippen LogP contribution < -0.4 is 5.32 Å². The number of nitro groups is 1. The average Bonchev–Trinajstić information content (AvgIpc) is 3.23. The van der Waals surface area contributed by atoms with E-state index in [1.165, 1.54) is 17.7 Å². The largest absolute Gasteiger partial charge is 0.352 e. The molecule has 0 atom stereocenters. The topological polar surface area (TPSA) is 90.1 Å². The van der Waals surface area contributed by atoms with Crippen molar-refractivity contribution in [2.45, 2.75) is 19.9 Å². The third-order valence-electron chi connectivity index (χ3n) is 5.12. The van der Waals surface area contributed by atoms with Gasteiger partial charge in [0.05, 0.1) is 22.7 Å². The minimum absolute atomic E-state index is 0.00799. The van der Waals surface area contributed by atoms with Crippen LogP contribution in [0.15, 0.2) is 85.1 Å². The van der Waals surface area contributed by atoms with Crippen LogP contribution in [0.1, 0.15) is 16.7 Å². The SMILES string of the molecule is Cc1ccc(CNC(=O)Cc2cn(-c3ccccc3)nc2-c2ccc([N+](=O)[O-])cc2)cc1. The zero-order valence-corrected chi connectivity index (χ0v) is 17.6. The third kappa shape index (κ3) is 4.89. The van der Waals surface area contributed by atoms with Crippen LogP contribution in [0.3, 0.4) is 0 Å². The predicted molar refractivity (Wildman–Crippen MR) is 122 cm³/mol. The number of hydrogen-bond donors (Lipinski definition) is 1. The van der Waals surface area contributed by atoms with Crippen LogP contribution >= 0.6 is 0 Å². The van der Waals surface area contributed by atoms with Gasteiger partial charge in [0.15, 0.2) is 0 Å². The first-order valence-corrected chi connectivity index (χ1v) is 10.2. The van der Waals surface area contributed by atoms with Gasteiger partial charge in [0.2, 0.25) is 5.91 Å². The number of nitrogens with zero attached hydrogens (tertiary/aromatic N) is 3. The first kappa shape index (κ1) is 21.0. The Hall–Kier alpha value is -4.26. The van der Waals surface area contributed by atoms with Crippen molar-refractivity contribution in [1.29, 1.82) is 0 Å². The molecule has 0 spiro atoms. The Morgan fingerprint density at radius 1 is 1.00 bits per heavy atom. The van der Waals surface area contributed by atoms with Crippen molar-refractivity contribution in [3.05, 3.63) is 112 Å². The molecule has 1 aromatic heterocycles. The van der Waals surface area contributed by atoms with Crippen LogP contribution in [0.5, 0.6) is 0 Å². The highest BCUT2D eigenvalue weighted by molar-refractivity contribution is 5.81. The molecule has 4 rings (SSSR count). The van der Waals surface area contributed by atoms with E-state index in [1.807, 2.05) is 67.7 Å². The van der Waals surface area contributed by atoms with Gasteiger partial charge in [-0.05, 0) is 36.8 Å². The van der Waals surface area contributed by atoms with Gasteiger partial charge in [0, 0.05) is 36.0 Å².